The van der Waals surface area contributed by atoms with Gasteiger partial charge < -0.3 is 15.6 Å². The average Bonchev–Trinajstić information content (AvgIpc) is 2.12. The van der Waals surface area contributed by atoms with Gasteiger partial charge >= 0.3 is 5.97 Å². The van der Waals surface area contributed by atoms with Gasteiger partial charge in [-0.3, -0.25) is 0 Å². The number of halogens is 2. The Morgan fingerprint density at radius 3 is 2.33 bits per heavy atom. The van der Waals surface area contributed by atoms with Gasteiger partial charge in [-0.15, -0.1) is 0 Å². The van der Waals surface area contributed by atoms with Crippen molar-refractivity contribution in [3.63, 3.8) is 0 Å². The second-order valence-corrected chi connectivity index (χ2v) is 2.70. The maximum atomic E-state index is 13.1. The second kappa shape index (κ2) is 4.70. The van der Waals surface area contributed by atoms with Crippen LogP contribution in [0.5, 0.6) is 5.75 Å². The maximum Gasteiger partial charge on any atom is 0.341 e. The van der Waals surface area contributed by atoms with Crippen molar-refractivity contribution in [3.8, 4) is 5.75 Å². The van der Waals surface area contributed by atoms with E-state index in [0.717, 1.165) is 12.1 Å². The zero-order valence-electron chi connectivity index (χ0n) is 7.67. The quantitative estimate of drug-likeness (QED) is 0.789. The van der Waals surface area contributed by atoms with Crippen molar-refractivity contribution in [3.05, 3.63) is 29.3 Å². The van der Waals surface area contributed by atoms with Crippen LogP contribution in [0.1, 0.15) is 10.4 Å². The van der Waals surface area contributed by atoms with Gasteiger partial charge in [0.25, 0.3) is 0 Å². The summed E-state index contributed by atoms with van der Waals surface area (Å²) in [5.74, 6) is -4.08. The first-order valence-corrected chi connectivity index (χ1v) is 4.11. The summed E-state index contributed by atoms with van der Waals surface area (Å²) in [5.41, 5.74) is 4.13. The summed E-state index contributed by atoms with van der Waals surface area (Å²) in [6, 6.07) is 1.62. The smallest absolute Gasteiger partial charge is 0.341 e. The summed E-state index contributed by atoms with van der Waals surface area (Å²) in [6.07, 6.45) is 0. The van der Waals surface area contributed by atoms with E-state index in [1.54, 1.807) is 0 Å². The lowest BCUT2D eigenvalue weighted by atomic mass is 10.2. The van der Waals surface area contributed by atoms with Crippen molar-refractivity contribution in [2.24, 2.45) is 5.73 Å². The van der Waals surface area contributed by atoms with E-state index in [1.165, 1.54) is 0 Å². The van der Waals surface area contributed by atoms with Gasteiger partial charge in [0.1, 0.15) is 29.6 Å². The first kappa shape index (κ1) is 11.4. The fourth-order valence-electron chi connectivity index (χ4n) is 1.01. The van der Waals surface area contributed by atoms with Gasteiger partial charge in [0.2, 0.25) is 0 Å². The first-order valence-electron chi connectivity index (χ1n) is 4.11. The number of ether oxygens (including phenoxy) is 1. The summed E-state index contributed by atoms with van der Waals surface area (Å²) in [4.78, 5) is 10.4. The molecule has 1 rings (SSSR count). The third-order valence-corrected chi connectivity index (χ3v) is 1.62. The highest BCUT2D eigenvalue weighted by Crippen LogP contribution is 2.20. The van der Waals surface area contributed by atoms with Crippen LogP contribution in [0, 0.1) is 11.6 Å². The van der Waals surface area contributed by atoms with Crippen LogP contribution in [-0.2, 0) is 0 Å². The molecule has 0 spiro atoms. The molecule has 4 nitrogen and oxygen atoms in total. The monoisotopic (exact) mass is 217 g/mol. The molecule has 0 bridgehead atoms. The minimum Gasteiger partial charge on any atom is -0.492 e. The van der Waals surface area contributed by atoms with Crippen LogP contribution in [0.15, 0.2) is 12.1 Å². The number of hydrogen-bond acceptors (Lipinski definition) is 3. The molecule has 0 radical (unpaired) electrons. The largest absolute Gasteiger partial charge is 0.492 e. The Labute approximate surface area is 84.3 Å². The lowest BCUT2D eigenvalue weighted by molar-refractivity contribution is 0.0686. The van der Waals surface area contributed by atoms with Gasteiger partial charge in [0.15, 0.2) is 0 Å². The van der Waals surface area contributed by atoms with E-state index in [-0.39, 0.29) is 18.9 Å². The molecule has 0 saturated carbocycles. The topological polar surface area (TPSA) is 72.5 Å². The van der Waals surface area contributed by atoms with Crippen LogP contribution in [-0.4, -0.2) is 24.2 Å². The highest BCUT2D eigenvalue weighted by Gasteiger charge is 2.17. The Balaban J connectivity index is 3.03. The SMILES string of the molecule is NCCOc1cc(F)c(C(=O)O)c(F)c1. The zero-order chi connectivity index (χ0) is 11.4. The molecule has 82 valence electrons. The van der Waals surface area contributed by atoms with Gasteiger partial charge in [-0.25, -0.2) is 13.6 Å². The minimum absolute atomic E-state index is 0.0829. The van der Waals surface area contributed by atoms with Crippen molar-refractivity contribution >= 4 is 5.97 Å². The predicted octanol–water partition coefficient (Wildman–Crippen LogP) is 1.00. The van der Waals surface area contributed by atoms with Gasteiger partial charge in [0, 0.05) is 18.7 Å². The molecule has 1 aromatic carbocycles. The second-order valence-electron chi connectivity index (χ2n) is 2.70. The summed E-state index contributed by atoms with van der Waals surface area (Å²) in [6.45, 7) is 0.301. The van der Waals surface area contributed by atoms with Crippen molar-refractivity contribution in [1.82, 2.24) is 0 Å². The van der Waals surface area contributed by atoms with E-state index in [4.69, 9.17) is 15.6 Å². The van der Waals surface area contributed by atoms with Gasteiger partial charge in [-0.05, 0) is 0 Å². The molecule has 0 amide bonds. The predicted molar refractivity (Wildman–Crippen MR) is 47.9 cm³/mol. The molecule has 15 heavy (non-hydrogen) atoms. The van der Waals surface area contributed by atoms with Gasteiger partial charge in [0.05, 0.1) is 0 Å². The molecule has 0 heterocycles. The normalized spacial score (nSPS) is 10.1. The summed E-state index contributed by atoms with van der Waals surface area (Å²) >= 11 is 0. The third-order valence-electron chi connectivity index (χ3n) is 1.62. The molecule has 3 N–H and O–H groups in total. The van der Waals surface area contributed by atoms with Crippen LogP contribution in [0.4, 0.5) is 8.78 Å². The lowest BCUT2D eigenvalue weighted by Gasteiger charge is -2.06. The van der Waals surface area contributed by atoms with Gasteiger partial charge in [-0.1, -0.05) is 0 Å². The summed E-state index contributed by atoms with van der Waals surface area (Å²) in [5, 5.41) is 8.47. The van der Waals surface area contributed by atoms with Crippen LogP contribution in [0.25, 0.3) is 0 Å². The van der Waals surface area contributed by atoms with Gasteiger partial charge in [-0.2, -0.15) is 0 Å². The number of carboxylic acids is 1. The van der Waals surface area contributed by atoms with Crippen molar-refractivity contribution < 1.29 is 23.4 Å². The van der Waals surface area contributed by atoms with Crippen LogP contribution in [0.2, 0.25) is 0 Å². The Morgan fingerprint density at radius 1 is 1.40 bits per heavy atom. The number of carboxylic acid groups (broad SMARTS) is 1. The molecule has 0 fully saturated rings. The Morgan fingerprint density at radius 2 is 1.93 bits per heavy atom. The number of rotatable bonds is 4. The highest BCUT2D eigenvalue weighted by molar-refractivity contribution is 5.88. The zero-order valence-corrected chi connectivity index (χ0v) is 7.67. The molecule has 0 aliphatic heterocycles. The van der Waals surface area contributed by atoms with E-state index >= 15 is 0 Å². The molecule has 0 aliphatic carbocycles. The molecule has 0 aliphatic rings. The van der Waals surface area contributed by atoms with E-state index in [2.05, 4.69) is 0 Å². The van der Waals surface area contributed by atoms with E-state index < -0.39 is 23.2 Å². The Bertz CT molecular complexity index is 359. The summed E-state index contributed by atoms with van der Waals surface area (Å²) < 4.78 is 31.0. The molecular weight excluding hydrogens is 208 g/mol. The number of nitrogens with two attached hydrogens (primary N) is 1. The molecule has 0 unspecified atom stereocenters. The molecular formula is C9H9F2NO3. The first-order chi connectivity index (χ1) is 7.06. The van der Waals surface area contributed by atoms with Crippen molar-refractivity contribution in [2.75, 3.05) is 13.2 Å². The van der Waals surface area contributed by atoms with Crippen LogP contribution >= 0.6 is 0 Å². The highest BCUT2D eigenvalue weighted by atomic mass is 19.1. The van der Waals surface area contributed by atoms with E-state index in [1.807, 2.05) is 0 Å². The summed E-state index contributed by atoms with van der Waals surface area (Å²) in [7, 11) is 0. The average molecular weight is 217 g/mol. The van der Waals surface area contributed by atoms with Crippen LogP contribution < -0.4 is 10.5 Å². The number of hydrogen-bond donors (Lipinski definition) is 2. The number of benzene rings is 1. The molecule has 6 heteroatoms. The Kier molecular flexibility index (Phi) is 3.56. The van der Waals surface area contributed by atoms with E-state index in [9.17, 15) is 13.6 Å². The Hall–Kier alpha value is -1.69. The minimum atomic E-state index is -1.66. The van der Waals surface area contributed by atoms with E-state index in [0.29, 0.717) is 0 Å². The number of aromatic carboxylic acids is 1. The number of carbonyl (C=O) groups is 1. The lowest BCUT2D eigenvalue weighted by Crippen LogP contribution is -2.12. The molecule has 1 aromatic rings. The fraction of sp³-hybridized carbons (Fsp3) is 0.222. The molecule has 0 atom stereocenters. The third kappa shape index (κ3) is 2.63. The fourth-order valence-corrected chi connectivity index (χ4v) is 1.01. The van der Waals surface area contributed by atoms with Crippen LogP contribution in [0.3, 0.4) is 0 Å². The standard InChI is InChI=1S/C9H9F2NO3/c10-6-3-5(15-2-1-12)4-7(11)8(6)9(13)14/h3-4H,1-2,12H2,(H,13,14). The molecule has 0 aromatic heterocycles. The molecule has 0 saturated heterocycles. The maximum absolute atomic E-state index is 13.1. The van der Waals surface area contributed by atoms with Crippen molar-refractivity contribution in [2.45, 2.75) is 0 Å². The van der Waals surface area contributed by atoms with Crippen molar-refractivity contribution in [1.29, 1.82) is 0 Å².